The first-order valence-corrected chi connectivity index (χ1v) is 6.74. The van der Waals surface area contributed by atoms with Crippen LogP contribution in [0.15, 0.2) is 24.3 Å². The average Bonchev–Trinajstić information content (AvgIpc) is 3.01. The molecule has 1 aliphatic rings. The van der Waals surface area contributed by atoms with Crippen molar-refractivity contribution in [2.75, 3.05) is 13.7 Å². The third-order valence-electron chi connectivity index (χ3n) is 3.38. The summed E-state index contributed by atoms with van der Waals surface area (Å²) in [5.41, 5.74) is 0.505. The first-order valence-electron chi connectivity index (χ1n) is 6.74. The minimum absolute atomic E-state index is 0.209. The number of nitrogens with one attached hydrogen (secondary N) is 1. The van der Waals surface area contributed by atoms with Gasteiger partial charge in [-0.05, 0) is 50.6 Å². The predicted molar refractivity (Wildman–Crippen MR) is 73.9 cm³/mol. The molecular formula is C15H19NO4. The van der Waals surface area contributed by atoms with E-state index in [1.54, 1.807) is 38.3 Å². The third-order valence-corrected chi connectivity index (χ3v) is 3.38. The number of carbonyl (C=O) groups excluding carboxylic acids is 2. The molecular weight excluding hydrogens is 258 g/mol. The fourth-order valence-electron chi connectivity index (χ4n) is 2.19. The van der Waals surface area contributed by atoms with Gasteiger partial charge in [0.05, 0.1) is 7.11 Å². The van der Waals surface area contributed by atoms with E-state index < -0.39 is 6.10 Å². The van der Waals surface area contributed by atoms with Crippen LogP contribution in [0.3, 0.4) is 0 Å². The second kappa shape index (κ2) is 6.52. The molecule has 0 bridgehead atoms. The predicted octanol–water partition coefficient (Wildman–Crippen LogP) is 1.56. The quantitative estimate of drug-likeness (QED) is 0.653. The summed E-state index contributed by atoms with van der Waals surface area (Å²) in [6, 6.07) is 6.47. The van der Waals surface area contributed by atoms with Gasteiger partial charge in [-0.3, -0.25) is 9.59 Å². The fourth-order valence-corrected chi connectivity index (χ4v) is 2.19. The first-order chi connectivity index (χ1) is 9.61. The number of esters is 1. The van der Waals surface area contributed by atoms with E-state index in [-0.39, 0.29) is 17.8 Å². The van der Waals surface area contributed by atoms with Gasteiger partial charge in [0.2, 0.25) is 5.78 Å². The van der Waals surface area contributed by atoms with Crippen molar-refractivity contribution in [1.82, 2.24) is 5.32 Å². The Labute approximate surface area is 118 Å². The smallest absolute Gasteiger partial charge is 0.323 e. The Bertz CT molecular complexity index is 477. The monoisotopic (exact) mass is 277 g/mol. The highest BCUT2D eigenvalue weighted by atomic mass is 16.5. The van der Waals surface area contributed by atoms with Gasteiger partial charge in [-0.15, -0.1) is 0 Å². The van der Waals surface area contributed by atoms with Crippen LogP contribution in [-0.2, 0) is 9.53 Å². The maximum absolute atomic E-state index is 12.2. The van der Waals surface area contributed by atoms with Gasteiger partial charge in [0.15, 0.2) is 6.10 Å². The molecule has 0 aliphatic carbocycles. The molecule has 0 unspecified atom stereocenters. The summed E-state index contributed by atoms with van der Waals surface area (Å²) in [6.07, 6.45) is 0.946. The maximum Gasteiger partial charge on any atom is 0.323 e. The number of benzene rings is 1. The van der Waals surface area contributed by atoms with Crippen molar-refractivity contribution >= 4 is 11.8 Å². The lowest BCUT2D eigenvalue weighted by atomic mass is 10.1. The zero-order chi connectivity index (χ0) is 14.5. The van der Waals surface area contributed by atoms with E-state index in [4.69, 9.17) is 9.47 Å². The lowest BCUT2D eigenvalue weighted by molar-refractivity contribution is -0.148. The zero-order valence-electron chi connectivity index (χ0n) is 11.7. The molecule has 2 atom stereocenters. The van der Waals surface area contributed by atoms with Crippen LogP contribution in [0.25, 0.3) is 0 Å². The van der Waals surface area contributed by atoms with E-state index in [0.29, 0.717) is 11.3 Å². The number of hydrogen-bond donors (Lipinski definition) is 1. The molecule has 108 valence electrons. The maximum atomic E-state index is 12.2. The number of hydrogen-bond acceptors (Lipinski definition) is 5. The topological polar surface area (TPSA) is 64.6 Å². The molecule has 1 N–H and O–H groups in total. The Morgan fingerprint density at radius 3 is 2.55 bits per heavy atom. The summed E-state index contributed by atoms with van der Waals surface area (Å²) < 4.78 is 10.3. The Hall–Kier alpha value is -1.88. The summed E-state index contributed by atoms with van der Waals surface area (Å²) in [4.78, 5) is 24.0. The van der Waals surface area contributed by atoms with Crippen LogP contribution in [0.1, 0.15) is 30.1 Å². The number of Topliss-reactive ketones (excluding diaryl/α,β-unsaturated/α-hetero) is 1. The van der Waals surface area contributed by atoms with Gasteiger partial charge in [0.25, 0.3) is 0 Å². The summed E-state index contributed by atoms with van der Waals surface area (Å²) >= 11 is 0. The van der Waals surface area contributed by atoms with Crippen molar-refractivity contribution in [1.29, 1.82) is 0 Å². The van der Waals surface area contributed by atoms with Crippen molar-refractivity contribution in [3.8, 4) is 5.75 Å². The zero-order valence-corrected chi connectivity index (χ0v) is 11.7. The fraction of sp³-hybridized carbons (Fsp3) is 0.467. The summed E-state index contributed by atoms with van der Waals surface area (Å²) in [5, 5.41) is 3.05. The molecule has 5 nitrogen and oxygen atoms in total. The van der Waals surface area contributed by atoms with E-state index >= 15 is 0 Å². The largest absolute Gasteiger partial charge is 0.497 e. The Morgan fingerprint density at radius 2 is 2.00 bits per heavy atom. The third kappa shape index (κ3) is 3.36. The van der Waals surface area contributed by atoms with E-state index in [1.807, 2.05) is 0 Å². The van der Waals surface area contributed by atoms with Crippen molar-refractivity contribution in [3.63, 3.8) is 0 Å². The number of rotatable bonds is 5. The van der Waals surface area contributed by atoms with Gasteiger partial charge in [0, 0.05) is 5.56 Å². The molecule has 0 aromatic heterocycles. The highest BCUT2D eigenvalue weighted by molar-refractivity contribution is 6.00. The number of carbonyl (C=O) groups is 2. The number of ether oxygens (including phenoxy) is 2. The van der Waals surface area contributed by atoms with Crippen LogP contribution in [0.2, 0.25) is 0 Å². The molecule has 0 saturated carbocycles. The van der Waals surface area contributed by atoms with Crippen LogP contribution >= 0.6 is 0 Å². The molecule has 1 aromatic rings. The molecule has 5 heteroatoms. The lowest BCUT2D eigenvalue weighted by Crippen LogP contribution is -2.36. The van der Waals surface area contributed by atoms with Crippen molar-refractivity contribution in [3.05, 3.63) is 29.8 Å². The molecule has 0 radical (unpaired) electrons. The highest BCUT2D eigenvalue weighted by Crippen LogP contribution is 2.15. The van der Waals surface area contributed by atoms with E-state index in [1.165, 1.54) is 0 Å². The van der Waals surface area contributed by atoms with Crippen molar-refractivity contribution in [2.45, 2.75) is 31.9 Å². The van der Waals surface area contributed by atoms with Gasteiger partial charge >= 0.3 is 5.97 Å². The van der Waals surface area contributed by atoms with Gasteiger partial charge in [-0.2, -0.15) is 0 Å². The molecule has 1 fully saturated rings. The second-order valence-corrected chi connectivity index (χ2v) is 4.82. The number of methoxy groups -OCH3 is 1. The Kier molecular flexibility index (Phi) is 4.74. The minimum atomic E-state index is -0.779. The first kappa shape index (κ1) is 14.5. The van der Waals surface area contributed by atoms with Gasteiger partial charge in [-0.25, -0.2) is 0 Å². The van der Waals surface area contributed by atoms with Crippen molar-refractivity contribution < 1.29 is 19.1 Å². The van der Waals surface area contributed by atoms with E-state index in [9.17, 15) is 9.59 Å². The lowest BCUT2D eigenvalue weighted by Gasteiger charge is -2.15. The molecule has 0 amide bonds. The second-order valence-electron chi connectivity index (χ2n) is 4.82. The van der Waals surface area contributed by atoms with Crippen LogP contribution in [0, 0.1) is 0 Å². The molecule has 1 heterocycles. The average molecular weight is 277 g/mol. The molecule has 1 saturated heterocycles. The summed E-state index contributed by atoms with van der Waals surface area (Å²) in [6.45, 7) is 2.42. The van der Waals surface area contributed by atoms with E-state index in [0.717, 1.165) is 19.4 Å². The van der Waals surface area contributed by atoms with Crippen LogP contribution in [0.4, 0.5) is 0 Å². The Morgan fingerprint density at radius 1 is 1.30 bits per heavy atom. The molecule has 20 heavy (non-hydrogen) atoms. The summed E-state index contributed by atoms with van der Waals surface area (Å²) in [7, 11) is 1.57. The standard InChI is InChI=1S/C15H19NO4/c1-10(20-15(18)13-4-3-9-16-13)14(17)11-5-7-12(19-2)8-6-11/h5-8,10,13,16H,3-4,9H2,1-2H3/t10-,13-/m1/s1. The molecule has 1 aromatic carbocycles. The number of ketones is 1. The summed E-state index contributed by atoms with van der Waals surface area (Å²) in [5.74, 6) is 0.122. The van der Waals surface area contributed by atoms with Gasteiger partial charge in [-0.1, -0.05) is 0 Å². The molecule has 2 rings (SSSR count). The normalized spacial score (nSPS) is 19.4. The SMILES string of the molecule is COc1ccc(C(=O)[C@@H](C)OC(=O)[C@H]2CCCN2)cc1. The van der Waals surface area contributed by atoms with Crippen LogP contribution < -0.4 is 10.1 Å². The Balaban J connectivity index is 1.95. The van der Waals surface area contributed by atoms with Gasteiger partial charge in [0.1, 0.15) is 11.8 Å². The minimum Gasteiger partial charge on any atom is -0.497 e. The van der Waals surface area contributed by atoms with E-state index in [2.05, 4.69) is 5.32 Å². The molecule has 1 aliphatic heterocycles. The van der Waals surface area contributed by atoms with Crippen LogP contribution in [-0.4, -0.2) is 37.6 Å². The van der Waals surface area contributed by atoms with Gasteiger partial charge < -0.3 is 14.8 Å². The van der Waals surface area contributed by atoms with Crippen LogP contribution in [0.5, 0.6) is 5.75 Å². The highest BCUT2D eigenvalue weighted by Gasteiger charge is 2.27. The molecule has 0 spiro atoms. The van der Waals surface area contributed by atoms with Crippen molar-refractivity contribution in [2.24, 2.45) is 0 Å².